The number of para-hydroxylation sites is 2. The molecule has 4 atom stereocenters. The molecular formula is C32H27N3O2. The second-order valence-electron chi connectivity index (χ2n) is 10.0. The van der Waals surface area contributed by atoms with Gasteiger partial charge in [-0.15, -0.1) is 0 Å². The Bertz CT molecular complexity index is 1480. The first-order chi connectivity index (χ1) is 18.2. The number of benzene rings is 2. The SMILES string of the molecule is O=[N+]([O-])C1=C(C2=CC3C(C=C2)C2=C(C4C=CC=CC4N2c2ccccc2)N3c2ccccc2)C=CCC1. The quantitative estimate of drug-likeness (QED) is 0.357. The molecule has 0 amide bonds. The van der Waals surface area contributed by atoms with Crippen LogP contribution in [0.25, 0.3) is 0 Å². The molecule has 37 heavy (non-hydrogen) atoms. The molecule has 0 radical (unpaired) electrons. The Morgan fingerprint density at radius 2 is 1.38 bits per heavy atom. The molecule has 2 heterocycles. The molecule has 5 heteroatoms. The van der Waals surface area contributed by atoms with E-state index in [1.807, 2.05) is 18.2 Å². The fourth-order valence-corrected chi connectivity index (χ4v) is 6.56. The maximum Gasteiger partial charge on any atom is 0.254 e. The van der Waals surface area contributed by atoms with Gasteiger partial charge in [0.15, 0.2) is 0 Å². The van der Waals surface area contributed by atoms with Crippen molar-refractivity contribution in [3.8, 4) is 0 Å². The molecule has 0 bridgehead atoms. The van der Waals surface area contributed by atoms with Crippen LogP contribution in [0.1, 0.15) is 12.8 Å². The highest BCUT2D eigenvalue weighted by Gasteiger charge is 2.52. The lowest BCUT2D eigenvalue weighted by Crippen LogP contribution is -2.43. The van der Waals surface area contributed by atoms with Crippen LogP contribution in [0.4, 0.5) is 11.4 Å². The van der Waals surface area contributed by atoms with Crippen molar-refractivity contribution in [3.63, 3.8) is 0 Å². The molecule has 0 spiro atoms. The number of hydrogen-bond donors (Lipinski definition) is 0. The zero-order valence-electron chi connectivity index (χ0n) is 20.4. The molecule has 0 saturated carbocycles. The Labute approximate surface area is 216 Å². The molecule has 0 saturated heterocycles. The van der Waals surface area contributed by atoms with Crippen molar-refractivity contribution < 1.29 is 4.92 Å². The van der Waals surface area contributed by atoms with Crippen molar-refractivity contribution in [3.05, 3.63) is 154 Å². The second-order valence-corrected chi connectivity index (χ2v) is 10.0. The smallest absolute Gasteiger partial charge is 0.254 e. The lowest BCUT2D eigenvalue weighted by Gasteiger charge is -2.39. The van der Waals surface area contributed by atoms with Gasteiger partial charge in [0.1, 0.15) is 0 Å². The molecule has 5 aliphatic rings. The molecule has 2 aliphatic heterocycles. The van der Waals surface area contributed by atoms with Gasteiger partial charge in [-0.05, 0) is 36.3 Å². The summed E-state index contributed by atoms with van der Waals surface area (Å²) in [5.74, 6) is 0.359. The van der Waals surface area contributed by atoms with Gasteiger partial charge in [-0.2, -0.15) is 0 Å². The third-order valence-electron chi connectivity index (χ3n) is 8.06. The average molecular weight is 486 g/mol. The molecule has 7 rings (SSSR count). The monoisotopic (exact) mass is 485 g/mol. The summed E-state index contributed by atoms with van der Waals surface area (Å²) in [6.07, 6.45) is 20.7. The fraction of sp³-hybridized carbons (Fsp3) is 0.188. The number of rotatable bonds is 4. The van der Waals surface area contributed by atoms with E-state index in [0.717, 1.165) is 16.8 Å². The summed E-state index contributed by atoms with van der Waals surface area (Å²) in [5.41, 5.74) is 6.96. The highest BCUT2D eigenvalue weighted by atomic mass is 16.6. The summed E-state index contributed by atoms with van der Waals surface area (Å²) in [6, 6.07) is 21.4. The van der Waals surface area contributed by atoms with E-state index in [-0.39, 0.29) is 28.8 Å². The summed E-state index contributed by atoms with van der Waals surface area (Å²) in [6.45, 7) is 0. The zero-order chi connectivity index (χ0) is 24.9. The van der Waals surface area contributed by atoms with Crippen LogP contribution in [-0.2, 0) is 0 Å². The molecule has 5 nitrogen and oxygen atoms in total. The third kappa shape index (κ3) is 3.38. The summed E-state index contributed by atoms with van der Waals surface area (Å²) in [7, 11) is 0. The van der Waals surface area contributed by atoms with Crippen molar-refractivity contribution in [1.82, 2.24) is 0 Å². The average Bonchev–Trinajstić information content (AvgIpc) is 3.46. The minimum atomic E-state index is -0.206. The van der Waals surface area contributed by atoms with Crippen LogP contribution < -0.4 is 9.80 Å². The van der Waals surface area contributed by atoms with Crippen LogP contribution in [0.15, 0.2) is 144 Å². The van der Waals surface area contributed by atoms with Gasteiger partial charge in [0.2, 0.25) is 0 Å². The molecule has 0 fully saturated rings. The van der Waals surface area contributed by atoms with Crippen LogP contribution in [0.3, 0.4) is 0 Å². The van der Waals surface area contributed by atoms with Gasteiger partial charge in [-0.25, -0.2) is 0 Å². The molecule has 3 aliphatic carbocycles. The summed E-state index contributed by atoms with van der Waals surface area (Å²) in [5, 5.41) is 11.9. The minimum absolute atomic E-state index is 0.0368. The third-order valence-corrected chi connectivity index (χ3v) is 8.06. The standard InChI is InChI=1S/C32H27N3O2/c36-35(37)29-18-10-7-15-25(29)22-19-20-27-30(21-22)34(24-13-5-2-6-14-24)31-26-16-8-9-17-28(26)33(32(27)31)23-11-3-1-4-12-23/h1-9,11-17,19-21,26-28,30H,10,18H2. The number of anilines is 2. The highest BCUT2D eigenvalue weighted by molar-refractivity contribution is 5.73. The lowest BCUT2D eigenvalue weighted by atomic mass is 9.85. The maximum absolute atomic E-state index is 11.9. The van der Waals surface area contributed by atoms with E-state index in [1.165, 1.54) is 17.1 Å². The highest BCUT2D eigenvalue weighted by Crippen LogP contribution is 2.54. The zero-order valence-corrected chi connectivity index (χ0v) is 20.4. The van der Waals surface area contributed by atoms with Crippen LogP contribution >= 0.6 is 0 Å². The van der Waals surface area contributed by atoms with Gasteiger partial charge in [0.25, 0.3) is 5.70 Å². The van der Waals surface area contributed by atoms with Gasteiger partial charge >= 0.3 is 0 Å². The second kappa shape index (κ2) is 8.63. The van der Waals surface area contributed by atoms with E-state index in [2.05, 4.69) is 107 Å². The molecule has 2 aromatic carbocycles. The number of fused-ring (bicyclic) bond motifs is 4. The van der Waals surface area contributed by atoms with E-state index in [1.54, 1.807) is 0 Å². The Kier molecular flexibility index (Phi) is 5.10. The molecule has 0 aromatic heterocycles. The van der Waals surface area contributed by atoms with E-state index in [0.29, 0.717) is 18.5 Å². The van der Waals surface area contributed by atoms with E-state index in [4.69, 9.17) is 0 Å². The molecule has 182 valence electrons. The van der Waals surface area contributed by atoms with Gasteiger partial charge in [0.05, 0.1) is 22.6 Å². The van der Waals surface area contributed by atoms with Crippen LogP contribution in [0, 0.1) is 22.0 Å². The molecular weight excluding hydrogens is 458 g/mol. The Hall–Kier alpha value is -4.38. The normalized spacial score (nSPS) is 27.4. The van der Waals surface area contributed by atoms with Crippen LogP contribution in [0.2, 0.25) is 0 Å². The largest absolute Gasteiger partial charge is 0.335 e. The summed E-state index contributed by atoms with van der Waals surface area (Å²) in [4.78, 5) is 16.6. The van der Waals surface area contributed by atoms with Crippen molar-refractivity contribution in [2.24, 2.45) is 11.8 Å². The van der Waals surface area contributed by atoms with Gasteiger partial charge in [-0.3, -0.25) is 10.1 Å². The Morgan fingerprint density at radius 1 is 0.757 bits per heavy atom. The van der Waals surface area contributed by atoms with Crippen molar-refractivity contribution >= 4 is 11.4 Å². The summed E-state index contributed by atoms with van der Waals surface area (Å²) < 4.78 is 0. The topological polar surface area (TPSA) is 49.6 Å². The molecule has 2 aromatic rings. The van der Waals surface area contributed by atoms with Gasteiger partial charge < -0.3 is 9.80 Å². The van der Waals surface area contributed by atoms with E-state index < -0.39 is 0 Å². The number of nitro groups is 1. The maximum atomic E-state index is 11.9. The first-order valence-corrected chi connectivity index (χ1v) is 12.9. The van der Waals surface area contributed by atoms with Crippen molar-refractivity contribution in [2.75, 3.05) is 9.80 Å². The number of nitrogens with zero attached hydrogens (tertiary/aromatic N) is 3. The van der Waals surface area contributed by atoms with Crippen LogP contribution in [0.5, 0.6) is 0 Å². The number of allylic oxidation sites excluding steroid dienone is 8. The predicted octanol–water partition coefficient (Wildman–Crippen LogP) is 6.71. The van der Waals surface area contributed by atoms with Crippen molar-refractivity contribution in [1.29, 1.82) is 0 Å². The minimum Gasteiger partial charge on any atom is -0.335 e. The lowest BCUT2D eigenvalue weighted by molar-refractivity contribution is -0.428. The van der Waals surface area contributed by atoms with Gasteiger partial charge in [-0.1, -0.05) is 91.1 Å². The molecule has 0 N–H and O–H groups in total. The summed E-state index contributed by atoms with van der Waals surface area (Å²) >= 11 is 0. The Balaban J connectivity index is 1.41. The predicted molar refractivity (Wildman–Crippen MR) is 147 cm³/mol. The van der Waals surface area contributed by atoms with Gasteiger partial charge in [0, 0.05) is 41.0 Å². The number of hydrogen-bond acceptors (Lipinski definition) is 4. The fourth-order valence-electron chi connectivity index (χ4n) is 6.56. The van der Waals surface area contributed by atoms with Crippen molar-refractivity contribution in [2.45, 2.75) is 24.9 Å². The van der Waals surface area contributed by atoms with E-state index >= 15 is 0 Å². The van der Waals surface area contributed by atoms with Crippen LogP contribution in [-0.4, -0.2) is 17.0 Å². The van der Waals surface area contributed by atoms with E-state index in [9.17, 15) is 10.1 Å². The first-order valence-electron chi connectivity index (χ1n) is 12.9. The molecule has 4 unspecified atom stereocenters. The Morgan fingerprint density at radius 3 is 2.05 bits per heavy atom. The first kappa shape index (κ1) is 21.9.